The van der Waals surface area contributed by atoms with Crippen molar-refractivity contribution in [3.63, 3.8) is 0 Å². The fourth-order valence-corrected chi connectivity index (χ4v) is 10.5. The number of nitrogens with zero attached hydrogens (tertiary/aromatic N) is 1. The number of aromatic hydroxyl groups is 1. The summed E-state index contributed by atoms with van der Waals surface area (Å²) in [5.74, 6) is 7.10. The monoisotopic (exact) mass is 1220 g/mol. The van der Waals surface area contributed by atoms with Crippen molar-refractivity contribution in [2.45, 2.75) is 147 Å². The topological polar surface area (TPSA) is 104 Å². The van der Waals surface area contributed by atoms with E-state index < -0.39 is 60.3 Å². The lowest BCUT2D eigenvalue weighted by Crippen LogP contribution is -2.58. The molecule has 1 aliphatic rings. The van der Waals surface area contributed by atoms with Crippen LogP contribution >= 0.6 is 0 Å². The third kappa shape index (κ3) is 14.5. The van der Waals surface area contributed by atoms with E-state index in [9.17, 15) is 67.4 Å². The molecule has 86 heavy (non-hydrogen) atoms. The first-order valence-electron chi connectivity index (χ1n) is 27.6. The fraction of sp³-hybridized carbons (Fsp3) is 0.446. The molecule has 5 aromatic rings. The fourth-order valence-electron chi connectivity index (χ4n) is 10.5. The number of rotatable bonds is 21. The van der Waals surface area contributed by atoms with E-state index >= 15 is 0 Å². The lowest BCUT2D eigenvalue weighted by Gasteiger charge is -2.34. The first kappa shape index (κ1) is 69.7. The predicted molar refractivity (Wildman–Crippen MR) is 300 cm³/mol. The summed E-state index contributed by atoms with van der Waals surface area (Å²) in [5.41, 5.74) is -3.48. The number of imide groups is 1. The van der Waals surface area contributed by atoms with Gasteiger partial charge in [0.2, 0.25) is 0 Å². The minimum absolute atomic E-state index is 0.00222. The van der Waals surface area contributed by atoms with Crippen LogP contribution in [0, 0.1) is 51.4 Å². The van der Waals surface area contributed by atoms with Crippen molar-refractivity contribution >= 4 is 11.8 Å². The number of carbonyl (C=O) groups excluding carboxylic acids is 2. The number of ether oxygens (including phenoxy) is 5. The molecule has 6 rings (SSSR count). The van der Waals surface area contributed by atoms with E-state index in [1.54, 1.807) is 75.4 Å². The second-order valence-corrected chi connectivity index (χ2v) is 20.8. The van der Waals surface area contributed by atoms with E-state index in [1.807, 2.05) is 70.9 Å². The number of halogens is 12. The van der Waals surface area contributed by atoms with Gasteiger partial charge in [-0.1, -0.05) is 100 Å². The lowest BCUT2D eigenvalue weighted by molar-refractivity contribution is -0.368. The van der Waals surface area contributed by atoms with Crippen LogP contribution in [-0.2, 0) is 29.8 Å². The van der Waals surface area contributed by atoms with Gasteiger partial charge in [0.1, 0.15) is 25.1 Å². The Hall–Kier alpha value is -7.04. The van der Waals surface area contributed by atoms with Crippen molar-refractivity contribution in [1.82, 2.24) is 4.90 Å². The summed E-state index contributed by atoms with van der Waals surface area (Å²) in [4.78, 5) is 26.4. The summed E-state index contributed by atoms with van der Waals surface area (Å²) in [5, 5.41) is 9.91. The number of hydrogen-bond donors (Lipinski definition) is 1. The van der Waals surface area contributed by atoms with Crippen LogP contribution in [0.3, 0.4) is 0 Å². The van der Waals surface area contributed by atoms with E-state index in [2.05, 4.69) is 24.9 Å². The van der Waals surface area contributed by atoms with Gasteiger partial charge in [-0.25, -0.2) is 0 Å². The Bertz CT molecular complexity index is 3240. The van der Waals surface area contributed by atoms with Gasteiger partial charge in [-0.2, -0.15) is 52.7 Å². The molecule has 0 fully saturated rings. The van der Waals surface area contributed by atoms with E-state index in [1.165, 1.54) is 28.9 Å². The van der Waals surface area contributed by atoms with Gasteiger partial charge in [0.05, 0.1) is 17.7 Å². The Kier molecular flexibility index (Phi) is 22.9. The highest BCUT2D eigenvalue weighted by molar-refractivity contribution is 6.21. The van der Waals surface area contributed by atoms with Gasteiger partial charge in [-0.05, 0) is 165 Å². The van der Waals surface area contributed by atoms with E-state index in [-0.39, 0.29) is 28.7 Å². The number of fused-ring (bicyclic) bond motifs is 1. The molecule has 0 saturated carbocycles. The normalized spacial score (nSPS) is 13.3. The van der Waals surface area contributed by atoms with Gasteiger partial charge in [0.25, 0.3) is 11.8 Å². The molecule has 9 nitrogen and oxygen atoms in total. The average molecular weight is 1220 g/mol. The SMILES string of the molecule is CCC(CC)(c1ccc(C#CC(OCOC)(C(F)(F)F)C(F)(F)F)c(C)c1)c1ccc(OCCCCCN2C(=O)c3ccccc3C2=O)c(C)c1.CCC(CC)(c1ccc(O)c(C)c1)c1ccc(C#CC(OCOC)(C(F)(F)F)C(F)(F)F)c(C)c1. The molecule has 0 unspecified atom stereocenters. The van der Waals surface area contributed by atoms with Crippen molar-refractivity contribution in [3.8, 4) is 35.2 Å². The van der Waals surface area contributed by atoms with Crippen LogP contribution < -0.4 is 4.74 Å². The summed E-state index contributed by atoms with van der Waals surface area (Å²) >= 11 is 0. The van der Waals surface area contributed by atoms with Gasteiger partial charge in [0, 0.05) is 42.7 Å². The van der Waals surface area contributed by atoms with Gasteiger partial charge < -0.3 is 28.8 Å². The number of amides is 2. The van der Waals surface area contributed by atoms with E-state index in [4.69, 9.17) is 4.74 Å². The number of aryl methyl sites for hydroxylation is 4. The third-order valence-corrected chi connectivity index (χ3v) is 15.7. The summed E-state index contributed by atoms with van der Waals surface area (Å²) in [6, 6.07) is 27.6. The molecule has 21 heteroatoms. The van der Waals surface area contributed by atoms with Crippen LogP contribution in [0.15, 0.2) is 97.1 Å². The second kappa shape index (κ2) is 28.2. The largest absolute Gasteiger partial charge is 0.508 e. The molecule has 0 spiro atoms. The number of phenolic OH excluding ortho intramolecular Hbond substituents is 1. The van der Waals surface area contributed by atoms with Crippen LogP contribution in [0.25, 0.3) is 0 Å². The Morgan fingerprint density at radius 1 is 0.477 bits per heavy atom. The predicted octanol–water partition coefficient (Wildman–Crippen LogP) is 16.0. The number of methoxy groups -OCH3 is 2. The molecule has 0 aliphatic carbocycles. The highest BCUT2D eigenvalue weighted by atomic mass is 19.4. The van der Waals surface area contributed by atoms with Gasteiger partial charge in [0.15, 0.2) is 0 Å². The molecule has 0 bridgehead atoms. The Balaban J connectivity index is 0.000000337. The molecule has 0 saturated heterocycles. The Morgan fingerprint density at radius 2 is 0.849 bits per heavy atom. The molecule has 0 aromatic heterocycles. The minimum atomic E-state index is -5.87. The standard InChI is InChI=1S/C39H41F6NO5.C26H28F6O3/c1-6-36(7-2,29-16-15-28(26(3)23-29)19-20-37(38(40,41)42,39(43,44)45)51-25-49-5)30-17-18-33(27(4)24-30)50-22-12-8-11-21-46-34(47)31-13-9-10-14-32(31)35(46)48;1-6-23(7-2,21-10-11-22(33)18(4)15-21)20-9-8-19(17(3)14-20)12-13-24(25(27,28)29,26(30,31)32)35-16-34-5/h9-10,13-18,23-24H,6-8,11-12,21-22,25H2,1-5H3;8-11,14-15,33H,6-7,16H2,1-5H3. The van der Waals surface area contributed by atoms with Crippen LogP contribution in [0.1, 0.15) is 149 Å². The number of hydrogen-bond acceptors (Lipinski definition) is 8. The molecule has 1 aliphatic heterocycles. The molecule has 5 aromatic carbocycles. The quantitative estimate of drug-likeness (QED) is 0.0255. The van der Waals surface area contributed by atoms with E-state index in [0.29, 0.717) is 78.8 Å². The number of benzene rings is 5. The first-order valence-corrected chi connectivity index (χ1v) is 27.6. The number of phenols is 1. The first-order chi connectivity index (χ1) is 40.2. The summed E-state index contributed by atoms with van der Waals surface area (Å²) in [6.07, 6.45) is -18.6. The van der Waals surface area contributed by atoms with Crippen molar-refractivity contribution in [2.75, 3.05) is 41.0 Å². The van der Waals surface area contributed by atoms with Crippen molar-refractivity contribution < 1.29 is 91.1 Å². The van der Waals surface area contributed by atoms with Crippen molar-refractivity contribution in [2.24, 2.45) is 0 Å². The summed E-state index contributed by atoms with van der Waals surface area (Å²) in [7, 11) is 1.83. The molecule has 1 N–H and O–H groups in total. The average Bonchev–Trinajstić information content (AvgIpc) is 1.23. The molecule has 1 heterocycles. The maximum absolute atomic E-state index is 13.8. The second-order valence-electron chi connectivity index (χ2n) is 20.8. The lowest BCUT2D eigenvalue weighted by atomic mass is 9.70. The van der Waals surface area contributed by atoms with Crippen LogP contribution in [0.2, 0.25) is 0 Å². The van der Waals surface area contributed by atoms with Crippen LogP contribution in [-0.4, -0.2) is 98.7 Å². The maximum Gasteiger partial charge on any atom is 0.438 e. The summed E-state index contributed by atoms with van der Waals surface area (Å²) < 4.78 is 187. The van der Waals surface area contributed by atoms with Crippen molar-refractivity contribution in [3.05, 3.63) is 164 Å². The molecule has 0 atom stereocenters. The highest BCUT2D eigenvalue weighted by Gasteiger charge is 2.73. The van der Waals surface area contributed by atoms with Crippen LogP contribution in [0.4, 0.5) is 52.7 Å². The smallest absolute Gasteiger partial charge is 0.438 e. The highest BCUT2D eigenvalue weighted by Crippen LogP contribution is 2.48. The Labute approximate surface area is 493 Å². The number of carbonyl (C=O) groups is 2. The van der Waals surface area contributed by atoms with Gasteiger partial charge >= 0.3 is 35.9 Å². The van der Waals surface area contributed by atoms with Crippen molar-refractivity contribution in [1.29, 1.82) is 0 Å². The molecule has 0 radical (unpaired) electrons. The number of unbranched alkanes of at least 4 members (excludes halogenated alkanes) is 2. The third-order valence-electron chi connectivity index (χ3n) is 15.7. The zero-order valence-electron chi connectivity index (χ0n) is 49.3. The van der Waals surface area contributed by atoms with Gasteiger partial charge in [-0.15, -0.1) is 0 Å². The molecule has 2 amide bonds. The summed E-state index contributed by atoms with van der Waals surface area (Å²) in [6.45, 7) is 13.2. The molecular formula is C65H69F12NO8. The van der Waals surface area contributed by atoms with E-state index in [0.717, 1.165) is 54.9 Å². The van der Waals surface area contributed by atoms with Crippen LogP contribution in [0.5, 0.6) is 11.5 Å². The Morgan fingerprint density at radius 3 is 1.20 bits per heavy atom. The zero-order chi connectivity index (χ0) is 64.3. The maximum atomic E-state index is 13.8. The zero-order valence-corrected chi connectivity index (χ0v) is 49.3. The molecule has 466 valence electrons. The number of alkyl halides is 12. The van der Waals surface area contributed by atoms with Gasteiger partial charge in [-0.3, -0.25) is 14.5 Å². The molecular weight excluding hydrogens is 1150 g/mol. The minimum Gasteiger partial charge on any atom is -0.508 e.